The molecule has 1 aliphatic heterocycles. The van der Waals surface area contributed by atoms with E-state index >= 15 is 0 Å². The molecule has 0 spiro atoms. The average Bonchev–Trinajstić information content (AvgIpc) is 2.75. The van der Waals surface area contributed by atoms with Crippen LogP contribution in [0.3, 0.4) is 0 Å². The summed E-state index contributed by atoms with van der Waals surface area (Å²) in [4.78, 5) is 4.48. The Morgan fingerprint density at radius 1 is 1.35 bits per heavy atom. The fraction of sp³-hybridized carbons (Fsp3) is 0.538. The molecule has 3 nitrogen and oxygen atoms in total. The Kier molecular flexibility index (Phi) is 3.35. The lowest BCUT2D eigenvalue weighted by Gasteiger charge is -2.35. The van der Waals surface area contributed by atoms with E-state index in [4.69, 9.17) is 5.73 Å². The molecule has 0 aliphatic carbocycles. The predicted molar refractivity (Wildman–Crippen MR) is 68.7 cm³/mol. The van der Waals surface area contributed by atoms with Crippen LogP contribution in [0.5, 0.6) is 0 Å². The third-order valence-corrected chi connectivity index (χ3v) is 3.85. The molecule has 0 bridgehead atoms. The SMILES string of the molecule is CN(C)C1(CN)CCN(c2ccc(F)cc2)C1. The molecule has 2 N–H and O–H groups in total. The summed E-state index contributed by atoms with van der Waals surface area (Å²) < 4.78 is 12.9. The Labute approximate surface area is 102 Å². The fourth-order valence-corrected chi connectivity index (χ4v) is 2.44. The zero-order valence-electron chi connectivity index (χ0n) is 10.5. The van der Waals surface area contributed by atoms with Crippen molar-refractivity contribution in [3.8, 4) is 0 Å². The Bertz CT molecular complexity index is 377. The Balaban J connectivity index is 2.14. The van der Waals surface area contributed by atoms with Gasteiger partial charge in [0.2, 0.25) is 0 Å². The van der Waals surface area contributed by atoms with Gasteiger partial charge in [-0.2, -0.15) is 0 Å². The number of halogens is 1. The molecule has 2 rings (SSSR count). The van der Waals surface area contributed by atoms with Gasteiger partial charge < -0.3 is 15.5 Å². The first kappa shape index (κ1) is 12.3. The highest BCUT2D eigenvalue weighted by Gasteiger charge is 2.38. The van der Waals surface area contributed by atoms with Crippen molar-refractivity contribution in [1.82, 2.24) is 4.90 Å². The molecule has 0 saturated carbocycles. The van der Waals surface area contributed by atoms with E-state index in [1.54, 1.807) is 0 Å². The zero-order valence-corrected chi connectivity index (χ0v) is 10.5. The first-order valence-corrected chi connectivity index (χ1v) is 5.95. The molecular formula is C13H20FN3. The van der Waals surface area contributed by atoms with Gasteiger partial charge in [0, 0.05) is 25.3 Å². The molecule has 94 valence electrons. The summed E-state index contributed by atoms with van der Waals surface area (Å²) in [7, 11) is 4.14. The summed E-state index contributed by atoms with van der Waals surface area (Å²) in [6.07, 6.45) is 1.05. The number of nitrogens with two attached hydrogens (primary N) is 1. The van der Waals surface area contributed by atoms with E-state index in [2.05, 4.69) is 23.9 Å². The second-order valence-corrected chi connectivity index (χ2v) is 4.97. The summed E-state index contributed by atoms with van der Waals surface area (Å²) in [5.41, 5.74) is 7.03. The van der Waals surface area contributed by atoms with Crippen molar-refractivity contribution >= 4 is 5.69 Å². The molecule has 1 aliphatic rings. The quantitative estimate of drug-likeness (QED) is 0.860. The second-order valence-electron chi connectivity index (χ2n) is 4.97. The number of likely N-dealkylation sites (N-methyl/N-ethyl adjacent to an activating group) is 1. The van der Waals surface area contributed by atoms with Gasteiger partial charge in [-0.15, -0.1) is 0 Å². The monoisotopic (exact) mass is 237 g/mol. The lowest BCUT2D eigenvalue weighted by atomic mass is 9.97. The van der Waals surface area contributed by atoms with E-state index in [0.29, 0.717) is 6.54 Å². The second kappa shape index (κ2) is 4.63. The zero-order chi connectivity index (χ0) is 12.5. The molecule has 0 amide bonds. The largest absolute Gasteiger partial charge is 0.370 e. The average molecular weight is 237 g/mol. The Morgan fingerprint density at radius 3 is 2.47 bits per heavy atom. The van der Waals surface area contributed by atoms with Crippen molar-refractivity contribution in [2.45, 2.75) is 12.0 Å². The number of anilines is 1. The molecule has 1 fully saturated rings. The normalized spacial score (nSPS) is 24.6. The minimum Gasteiger partial charge on any atom is -0.370 e. The highest BCUT2D eigenvalue weighted by Crippen LogP contribution is 2.29. The van der Waals surface area contributed by atoms with E-state index in [0.717, 1.165) is 25.2 Å². The van der Waals surface area contributed by atoms with E-state index in [1.807, 2.05) is 12.1 Å². The highest BCUT2D eigenvalue weighted by molar-refractivity contribution is 5.48. The number of nitrogens with zero attached hydrogens (tertiary/aromatic N) is 2. The Hall–Kier alpha value is -1.13. The van der Waals surface area contributed by atoms with Crippen LogP contribution in [0.25, 0.3) is 0 Å². The Morgan fingerprint density at radius 2 is 2.00 bits per heavy atom. The van der Waals surface area contributed by atoms with Crippen molar-refractivity contribution in [3.05, 3.63) is 30.1 Å². The summed E-state index contributed by atoms with van der Waals surface area (Å²) in [5, 5.41) is 0. The van der Waals surface area contributed by atoms with Crippen LogP contribution in [0.1, 0.15) is 6.42 Å². The van der Waals surface area contributed by atoms with Crippen LogP contribution in [0.4, 0.5) is 10.1 Å². The van der Waals surface area contributed by atoms with Crippen LogP contribution < -0.4 is 10.6 Å². The first-order valence-electron chi connectivity index (χ1n) is 5.95. The van der Waals surface area contributed by atoms with Crippen LogP contribution >= 0.6 is 0 Å². The van der Waals surface area contributed by atoms with Gasteiger partial charge in [0.1, 0.15) is 5.82 Å². The summed E-state index contributed by atoms with van der Waals surface area (Å²) in [5.74, 6) is -0.189. The van der Waals surface area contributed by atoms with Crippen LogP contribution in [-0.4, -0.2) is 44.2 Å². The van der Waals surface area contributed by atoms with E-state index in [1.165, 1.54) is 12.1 Å². The van der Waals surface area contributed by atoms with Crippen LogP contribution in [-0.2, 0) is 0 Å². The maximum atomic E-state index is 12.9. The maximum Gasteiger partial charge on any atom is 0.123 e. The molecule has 4 heteroatoms. The molecule has 17 heavy (non-hydrogen) atoms. The van der Waals surface area contributed by atoms with Crippen LogP contribution in [0.15, 0.2) is 24.3 Å². The van der Waals surface area contributed by atoms with Gasteiger partial charge in [-0.05, 0) is 44.8 Å². The molecular weight excluding hydrogens is 217 g/mol. The van der Waals surface area contributed by atoms with Gasteiger partial charge >= 0.3 is 0 Å². The number of hydrogen-bond acceptors (Lipinski definition) is 3. The van der Waals surface area contributed by atoms with Gasteiger partial charge in [0.15, 0.2) is 0 Å². The van der Waals surface area contributed by atoms with Crippen molar-refractivity contribution in [3.63, 3.8) is 0 Å². The predicted octanol–water partition coefficient (Wildman–Crippen LogP) is 1.29. The number of rotatable bonds is 3. The van der Waals surface area contributed by atoms with Gasteiger partial charge in [-0.1, -0.05) is 0 Å². The molecule has 0 aromatic heterocycles. The summed E-state index contributed by atoms with van der Waals surface area (Å²) in [6, 6.07) is 6.68. The third kappa shape index (κ3) is 2.28. The molecule has 0 radical (unpaired) electrons. The molecule has 1 unspecified atom stereocenters. The van der Waals surface area contributed by atoms with Crippen molar-refractivity contribution in [1.29, 1.82) is 0 Å². The first-order chi connectivity index (χ1) is 8.07. The van der Waals surface area contributed by atoms with E-state index < -0.39 is 0 Å². The van der Waals surface area contributed by atoms with Crippen molar-refractivity contribution in [2.24, 2.45) is 5.73 Å². The summed E-state index contributed by atoms with van der Waals surface area (Å²) >= 11 is 0. The van der Waals surface area contributed by atoms with E-state index in [9.17, 15) is 4.39 Å². The lowest BCUT2D eigenvalue weighted by molar-refractivity contribution is 0.184. The maximum absolute atomic E-state index is 12.9. The smallest absolute Gasteiger partial charge is 0.123 e. The number of benzene rings is 1. The highest BCUT2D eigenvalue weighted by atomic mass is 19.1. The van der Waals surface area contributed by atoms with Crippen molar-refractivity contribution < 1.29 is 4.39 Å². The van der Waals surface area contributed by atoms with Crippen molar-refractivity contribution in [2.75, 3.05) is 38.6 Å². The molecule has 1 aromatic rings. The molecule has 1 saturated heterocycles. The lowest BCUT2D eigenvalue weighted by Crippen LogP contribution is -2.52. The summed E-state index contributed by atoms with van der Waals surface area (Å²) in [6.45, 7) is 2.53. The molecule has 1 aromatic carbocycles. The standard InChI is InChI=1S/C13H20FN3/c1-16(2)13(9-15)7-8-17(10-13)12-5-3-11(14)4-6-12/h3-6H,7-10,15H2,1-2H3. The number of hydrogen-bond donors (Lipinski definition) is 1. The van der Waals surface area contributed by atoms with Gasteiger partial charge in [-0.25, -0.2) is 4.39 Å². The fourth-order valence-electron chi connectivity index (χ4n) is 2.44. The molecule has 1 atom stereocenters. The van der Waals surface area contributed by atoms with Gasteiger partial charge in [-0.3, -0.25) is 0 Å². The minimum atomic E-state index is -0.189. The third-order valence-electron chi connectivity index (χ3n) is 3.85. The van der Waals surface area contributed by atoms with Gasteiger partial charge in [0.25, 0.3) is 0 Å². The van der Waals surface area contributed by atoms with Crippen LogP contribution in [0.2, 0.25) is 0 Å². The van der Waals surface area contributed by atoms with E-state index in [-0.39, 0.29) is 11.4 Å². The minimum absolute atomic E-state index is 0.0500. The molecule has 1 heterocycles. The topological polar surface area (TPSA) is 32.5 Å². The van der Waals surface area contributed by atoms with Gasteiger partial charge in [0.05, 0.1) is 5.54 Å². The van der Waals surface area contributed by atoms with Crippen LogP contribution in [0, 0.1) is 5.82 Å².